The van der Waals surface area contributed by atoms with Crippen molar-refractivity contribution < 1.29 is 0 Å². The molecule has 5 heteroatoms. The molecule has 264 valence electrons. The van der Waals surface area contributed by atoms with Gasteiger partial charge in [-0.1, -0.05) is 164 Å². The van der Waals surface area contributed by atoms with Crippen molar-refractivity contribution in [3.05, 3.63) is 199 Å². The lowest BCUT2D eigenvalue weighted by atomic mass is 10.0. The largest absolute Gasteiger partial charge is 0.337 e. The Morgan fingerprint density at radius 2 is 1.02 bits per heavy atom. The summed E-state index contributed by atoms with van der Waals surface area (Å²) in [6.07, 6.45) is -0.625. The first-order chi connectivity index (χ1) is 27.8. The number of hydrogen-bond donors (Lipinski definition) is 2. The van der Waals surface area contributed by atoms with Crippen molar-refractivity contribution in [3.63, 3.8) is 0 Å². The minimum atomic E-state index is -0.348. The van der Waals surface area contributed by atoms with Crippen molar-refractivity contribution in [2.45, 2.75) is 12.5 Å². The van der Waals surface area contributed by atoms with Crippen molar-refractivity contribution in [1.29, 1.82) is 0 Å². The monoisotopic (exact) mass is 717 g/mol. The molecule has 0 bridgehead atoms. The summed E-state index contributed by atoms with van der Waals surface area (Å²) in [5.41, 5.74) is 7.96. The van der Waals surface area contributed by atoms with Gasteiger partial charge in [0.2, 0.25) is 0 Å². The molecule has 0 spiro atoms. The summed E-state index contributed by atoms with van der Waals surface area (Å²) in [7, 11) is 0. The van der Waals surface area contributed by atoms with Crippen LogP contribution in [0.2, 0.25) is 0 Å². The molecule has 0 saturated carbocycles. The lowest BCUT2D eigenvalue weighted by Crippen LogP contribution is -2.47. The SMILES string of the molecule is c1ccc(C2=NC(c3ccccc3)NC(n3c4ccc5ccccc5c4c4ccc5c6c7ccccc7ccc6n(-c6ccc7ccccc7c6)c5c43)N2)cc1. The zero-order valence-electron chi connectivity index (χ0n) is 30.4. The summed E-state index contributed by atoms with van der Waals surface area (Å²) < 4.78 is 5.01. The summed E-state index contributed by atoms with van der Waals surface area (Å²) >= 11 is 0. The Balaban J connectivity index is 1.25. The van der Waals surface area contributed by atoms with E-state index in [-0.39, 0.29) is 12.5 Å². The standard InChI is InChI=1S/C51H35N5/c1-3-16-35(17-4-1)49-52-50(36-18-5-2-6-19-36)54-51(53-49)56-44-30-25-34-15-10-12-22-40(34)46(44)42-28-27-41-45-39-21-11-9-14-33(39)24-29-43(45)55(47(41)48(42)56)38-26-23-32-13-7-8-20-37(32)31-38/h1-31,49,51,53H,(H,52,54). The second-order valence-electron chi connectivity index (χ2n) is 14.8. The first-order valence-electron chi connectivity index (χ1n) is 19.3. The van der Waals surface area contributed by atoms with Gasteiger partial charge in [-0.15, -0.1) is 0 Å². The Morgan fingerprint density at radius 1 is 0.446 bits per heavy atom. The van der Waals surface area contributed by atoms with Gasteiger partial charge < -0.3 is 14.5 Å². The predicted octanol–water partition coefficient (Wildman–Crippen LogP) is 12.1. The van der Waals surface area contributed by atoms with E-state index in [9.17, 15) is 0 Å². The second-order valence-corrected chi connectivity index (χ2v) is 14.8. The average Bonchev–Trinajstić information content (AvgIpc) is 3.80. The van der Waals surface area contributed by atoms with Crippen LogP contribution in [0.4, 0.5) is 0 Å². The number of rotatable bonds is 4. The minimum Gasteiger partial charge on any atom is -0.337 e. The van der Waals surface area contributed by atoms with Gasteiger partial charge >= 0.3 is 0 Å². The Morgan fingerprint density at radius 3 is 1.75 bits per heavy atom. The van der Waals surface area contributed by atoms with Gasteiger partial charge in [0.1, 0.15) is 12.0 Å². The fraction of sp³-hybridized carbons (Fsp3) is 0.0392. The third kappa shape index (κ3) is 4.62. The number of aliphatic imine (C=N–C) groups is 1. The molecule has 56 heavy (non-hydrogen) atoms. The Labute approximate surface area is 322 Å². The van der Waals surface area contributed by atoms with Gasteiger partial charge in [0.15, 0.2) is 6.29 Å². The Kier molecular flexibility index (Phi) is 6.76. The van der Waals surface area contributed by atoms with Crippen molar-refractivity contribution in [2.24, 2.45) is 4.99 Å². The van der Waals surface area contributed by atoms with E-state index in [2.05, 4.69) is 208 Å². The summed E-state index contributed by atoms with van der Waals surface area (Å²) in [5.74, 6) is 0.854. The summed E-state index contributed by atoms with van der Waals surface area (Å²) in [4.78, 5) is 5.29. The number of nitrogens with zero attached hydrogens (tertiary/aromatic N) is 3. The Bertz CT molecular complexity index is 3380. The summed E-state index contributed by atoms with van der Waals surface area (Å²) in [5, 5.41) is 20.2. The van der Waals surface area contributed by atoms with Crippen LogP contribution in [-0.2, 0) is 0 Å². The minimum absolute atomic E-state index is 0.278. The molecule has 3 heterocycles. The van der Waals surface area contributed by atoms with Crippen LogP contribution < -0.4 is 10.6 Å². The van der Waals surface area contributed by atoms with Crippen LogP contribution in [0.5, 0.6) is 0 Å². The third-order valence-electron chi connectivity index (χ3n) is 11.7. The predicted molar refractivity (Wildman–Crippen MR) is 234 cm³/mol. The zero-order valence-corrected chi connectivity index (χ0v) is 30.4. The van der Waals surface area contributed by atoms with Gasteiger partial charge in [0.25, 0.3) is 0 Å². The molecule has 2 aromatic heterocycles. The molecule has 0 fully saturated rings. The molecule has 1 aliphatic rings. The molecule has 9 aromatic carbocycles. The first kappa shape index (κ1) is 31.2. The molecule has 0 radical (unpaired) electrons. The molecule has 5 nitrogen and oxygen atoms in total. The highest BCUT2D eigenvalue weighted by atomic mass is 15.4. The molecule has 2 atom stereocenters. The lowest BCUT2D eigenvalue weighted by Gasteiger charge is -2.33. The van der Waals surface area contributed by atoms with Crippen molar-refractivity contribution in [2.75, 3.05) is 0 Å². The number of hydrogen-bond acceptors (Lipinski definition) is 3. The van der Waals surface area contributed by atoms with Crippen LogP contribution in [0.3, 0.4) is 0 Å². The molecule has 0 saturated heterocycles. The quantitative estimate of drug-likeness (QED) is 0.190. The van der Waals surface area contributed by atoms with Gasteiger partial charge in [-0.3, -0.25) is 5.32 Å². The number of nitrogens with one attached hydrogen (secondary N) is 2. The maximum atomic E-state index is 5.29. The molecular formula is C51H35N5. The zero-order chi connectivity index (χ0) is 36.7. The fourth-order valence-electron chi connectivity index (χ4n) is 9.24. The van der Waals surface area contributed by atoms with Gasteiger partial charge in [0.05, 0.1) is 22.1 Å². The number of aromatic nitrogens is 2. The van der Waals surface area contributed by atoms with E-state index in [1.54, 1.807) is 0 Å². The third-order valence-corrected chi connectivity index (χ3v) is 11.7. The lowest BCUT2D eigenvalue weighted by molar-refractivity contribution is 0.330. The van der Waals surface area contributed by atoms with E-state index < -0.39 is 0 Å². The number of fused-ring (bicyclic) bond motifs is 12. The van der Waals surface area contributed by atoms with Gasteiger partial charge in [0, 0.05) is 32.8 Å². The smallest absolute Gasteiger partial charge is 0.162 e. The van der Waals surface area contributed by atoms with E-state index in [0.717, 1.165) is 33.7 Å². The molecule has 2 N–H and O–H groups in total. The van der Waals surface area contributed by atoms with Crippen LogP contribution in [0.25, 0.3) is 81.6 Å². The number of benzene rings is 9. The van der Waals surface area contributed by atoms with E-state index in [1.165, 1.54) is 64.9 Å². The van der Waals surface area contributed by atoms with Crippen molar-refractivity contribution in [3.8, 4) is 5.69 Å². The fourth-order valence-corrected chi connectivity index (χ4v) is 9.24. The molecular weight excluding hydrogens is 683 g/mol. The maximum Gasteiger partial charge on any atom is 0.162 e. The summed E-state index contributed by atoms with van der Waals surface area (Å²) in [6.45, 7) is 0. The second kappa shape index (κ2) is 12.2. The van der Waals surface area contributed by atoms with Crippen LogP contribution in [0.1, 0.15) is 23.6 Å². The van der Waals surface area contributed by atoms with Crippen molar-refractivity contribution >= 4 is 81.8 Å². The molecule has 0 amide bonds. The van der Waals surface area contributed by atoms with Crippen LogP contribution in [-0.4, -0.2) is 15.0 Å². The van der Waals surface area contributed by atoms with E-state index in [4.69, 9.17) is 4.99 Å². The van der Waals surface area contributed by atoms with E-state index >= 15 is 0 Å². The van der Waals surface area contributed by atoms with Crippen LogP contribution >= 0.6 is 0 Å². The van der Waals surface area contributed by atoms with Crippen LogP contribution in [0.15, 0.2) is 193 Å². The van der Waals surface area contributed by atoms with Crippen molar-refractivity contribution in [1.82, 2.24) is 19.8 Å². The van der Waals surface area contributed by atoms with Gasteiger partial charge in [-0.25, -0.2) is 4.99 Å². The average molecular weight is 718 g/mol. The highest BCUT2D eigenvalue weighted by Crippen LogP contribution is 2.45. The highest BCUT2D eigenvalue weighted by molar-refractivity contribution is 6.30. The molecule has 11 aromatic rings. The molecule has 0 aliphatic carbocycles. The van der Waals surface area contributed by atoms with Crippen LogP contribution in [0, 0.1) is 0 Å². The van der Waals surface area contributed by atoms with E-state index in [0.29, 0.717) is 0 Å². The van der Waals surface area contributed by atoms with Gasteiger partial charge in [-0.05, 0) is 62.1 Å². The van der Waals surface area contributed by atoms with Gasteiger partial charge in [-0.2, -0.15) is 0 Å². The first-order valence-corrected chi connectivity index (χ1v) is 19.3. The molecule has 1 aliphatic heterocycles. The normalized spacial score (nSPS) is 16.0. The Hall–Kier alpha value is -7.21. The highest BCUT2D eigenvalue weighted by Gasteiger charge is 2.30. The number of amidine groups is 1. The molecule has 2 unspecified atom stereocenters. The van der Waals surface area contributed by atoms with E-state index in [1.807, 2.05) is 0 Å². The summed E-state index contributed by atoms with van der Waals surface area (Å²) in [6, 6.07) is 68.0. The topological polar surface area (TPSA) is 46.3 Å². The maximum absolute atomic E-state index is 5.29. The molecule has 12 rings (SSSR count).